The average molecular weight is 635 g/mol. The number of allylic oxidation sites excluding steroid dienone is 1. The fourth-order valence-electron chi connectivity index (χ4n) is 8.45. The van der Waals surface area contributed by atoms with Gasteiger partial charge in [0.1, 0.15) is 0 Å². The van der Waals surface area contributed by atoms with Crippen LogP contribution >= 0.6 is 23.1 Å². The van der Waals surface area contributed by atoms with Crippen LogP contribution in [-0.4, -0.2) is 6.71 Å². The maximum Gasteiger partial charge on any atom is 0.272 e. The molecule has 11 rings (SSSR count). The van der Waals surface area contributed by atoms with Gasteiger partial charge in [-0.1, -0.05) is 115 Å². The molecule has 0 fully saturated rings. The highest BCUT2D eigenvalue weighted by Gasteiger charge is 2.52. The molecule has 0 N–H and O–H groups in total. The maximum atomic E-state index is 2.59. The molecule has 4 aliphatic rings. The molecule has 5 heteroatoms. The Bertz CT molecular complexity index is 2480. The van der Waals surface area contributed by atoms with Crippen LogP contribution in [0.3, 0.4) is 0 Å². The van der Waals surface area contributed by atoms with Gasteiger partial charge in [-0.05, 0) is 68.6 Å². The highest BCUT2D eigenvalue weighted by molar-refractivity contribution is 8.06. The molecule has 0 saturated carbocycles. The molecule has 0 bridgehead atoms. The minimum atomic E-state index is 0.165. The van der Waals surface area contributed by atoms with Gasteiger partial charge in [-0.15, -0.1) is 23.1 Å². The first-order valence-corrected chi connectivity index (χ1v) is 18.0. The zero-order chi connectivity index (χ0) is 30.6. The number of hydrogen-bond donors (Lipinski definition) is 0. The molecular weight excluding hydrogens is 607 g/mol. The predicted molar refractivity (Wildman–Crippen MR) is 204 cm³/mol. The molecule has 0 saturated heterocycles. The molecule has 220 valence electrons. The Labute approximate surface area is 282 Å². The summed E-state index contributed by atoms with van der Waals surface area (Å²) in [7, 11) is 0. The number of para-hydroxylation sites is 2. The number of thiophene rings is 1. The molecular formula is C42H27BN2S2. The van der Waals surface area contributed by atoms with E-state index in [9.17, 15) is 0 Å². The van der Waals surface area contributed by atoms with Gasteiger partial charge in [0.15, 0.2) is 0 Å². The molecule has 1 aliphatic carbocycles. The smallest absolute Gasteiger partial charge is 0.272 e. The van der Waals surface area contributed by atoms with Gasteiger partial charge in [0.2, 0.25) is 0 Å². The molecule has 0 amide bonds. The molecule has 1 aromatic heterocycles. The highest BCUT2D eigenvalue weighted by Crippen LogP contribution is 2.61. The number of hydrogen-bond acceptors (Lipinski definition) is 4. The van der Waals surface area contributed by atoms with Gasteiger partial charge in [0.05, 0.1) is 5.69 Å². The van der Waals surface area contributed by atoms with Crippen molar-refractivity contribution in [1.82, 2.24) is 0 Å². The SMILES string of the molecule is C1=CC2C3=C(SC2c2ccccc21)B1c2sc4c(ccc5ccccc54)c2N(c2ccccc2)c2cccc(c21)N3c1ccccc1. The van der Waals surface area contributed by atoms with Crippen molar-refractivity contribution in [3.63, 3.8) is 0 Å². The summed E-state index contributed by atoms with van der Waals surface area (Å²) in [6.07, 6.45) is 4.84. The monoisotopic (exact) mass is 634 g/mol. The Balaban J connectivity index is 1.25. The number of anilines is 5. The van der Waals surface area contributed by atoms with E-state index in [-0.39, 0.29) is 12.6 Å². The van der Waals surface area contributed by atoms with E-state index in [0.29, 0.717) is 5.25 Å². The Morgan fingerprint density at radius 2 is 1.30 bits per heavy atom. The van der Waals surface area contributed by atoms with Gasteiger partial charge in [-0.3, -0.25) is 0 Å². The Morgan fingerprint density at radius 3 is 2.13 bits per heavy atom. The Kier molecular flexibility index (Phi) is 5.44. The number of fused-ring (bicyclic) bond motifs is 11. The quantitative estimate of drug-likeness (QED) is 0.175. The lowest BCUT2D eigenvalue weighted by atomic mass is 9.39. The Morgan fingerprint density at radius 1 is 0.596 bits per heavy atom. The normalized spacial score (nSPS) is 18.7. The molecule has 2 nitrogen and oxygen atoms in total. The largest absolute Gasteiger partial charge is 0.314 e. The van der Waals surface area contributed by atoms with Gasteiger partial charge in [0, 0.05) is 54.5 Å². The second-order valence-corrected chi connectivity index (χ2v) is 15.0. The van der Waals surface area contributed by atoms with E-state index in [1.54, 1.807) is 0 Å². The zero-order valence-corrected chi connectivity index (χ0v) is 27.0. The topological polar surface area (TPSA) is 6.48 Å². The number of thioether (sulfide) groups is 1. The third-order valence-electron chi connectivity index (χ3n) is 10.4. The first-order chi connectivity index (χ1) is 23.3. The van der Waals surface area contributed by atoms with E-state index in [2.05, 4.69) is 173 Å². The van der Waals surface area contributed by atoms with Gasteiger partial charge in [0.25, 0.3) is 6.71 Å². The van der Waals surface area contributed by atoms with E-state index in [1.807, 2.05) is 11.3 Å². The summed E-state index contributed by atoms with van der Waals surface area (Å²) < 4.78 is 2.82. The van der Waals surface area contributed by atoms with Crippen molar-refractivity contribution in [2.24, 2.45) is 5.92 Å². The van der Waals surface area contributed by atoms with E-state index < -0.39 is 0 Å². The fraction of sp³-hybridized carbons (Fsp3) is 0.0476. The summed E-state index contributed by atoms with van der Waals surface area (Å²) in [5.41, 5.74) is 12.0. The van der Waals surface area contributed by atoms with E-state index >= 15 is 0 Å². The summed E-state index contributed by atoms with van der Waals surface area (Å²) in [5.74, 6) is 0.285. The second kappa shape index (κ2) is 9.77. The molecule has 7 aromatic rings. The van der Waals surface area contributed by atoms with Crippen LogP contribution in [-0.2, 0) is 0 Å². The molecule has 3 aliphatic heterocycles. The van der Waals surface area contributed by atoms with Gasteiger partial charge in [-0.25, -0.2) is 0 Å². The van der Waals surface area contributed by atoms with Crippen molar-refractivity contribution in [3.05, 3.63) is 167 Å². The van der Waals surface area contributed by atoms with E-state index in [4.69, 9.17) is 0 Å². The molecule has 2 unspecified atom stereocenters. The maximum absolute atomic E-state index is 2.59. The molecule has 6 aromatic carbocycles. The van der Waals surface area contributed by atoms with Crippen LogP contribution in [0.1, 0.15) is 16.4 Å². The summed E-state index contributed by atoms with van der Waals surface area (Å²) in [6, 6.07) is 51.5. The van der Waals surface area contributed by atoms with Crippen LogP contribution < -0.4 is 20.0 Å². The van der Waals surface area contributed by atoms with Crippen LogP contribution in [0, 0.1) is 5.92 Å². The van der Waals surface area contributed by atoms with Crippen LogP contribution in [0.15, 0.2) is 156 Å². The van der Waals surface area contributed by atoms with Crippen LogP contribution in [0.4, 0.5) is 28.4 Å². The first kappa shape index (κ1) is 26.1. The van der Waals surface area contributed by atoms with Gasteiger partial charge >= 0.3 is 0 Å². The molecule has 0 spiro atoms. The molecule has 47 heavy (non-hydrogen) atoms. The lowest BCUT2D eigenvalue weighted by molar-refractivity contribution is 0.726. The summed E-state index contributed by atoms with van der Waals surface area (Å²) in [5, 5.41) is 4.31. The predicted octanol–water partition coefficient (Wildman–Crippen LogP) is 10.5. The number of rotatable bonds is 2. The Hall–Kier alpha value is -4.97. The van der Waals surface area contributed by atoms with Crippen LogP contribution in [0.2, 0.25) is 0 Å². The number of nitrogens with zero attached hydrogens (tertiary/aromatic N) is 2. The zero-order valence-electron chi connectivity index (χ0n) is 25.4. The molecule has 0 radical (unpaired) electrons. The van der Waals surface area contributed by atoms with Crippen molar-refractivity contribution < 1.29 is 0 Å². The second-order valence-electron chi connectivity index (χ2n) is 12.8. The summed E-state index contributed by atoms with van der Waals surface area (Å²) >= 11 is 4.11. The minimum absolute atomic E-state index is 0.165. The average Bonchev–Trinajstić information content (AvgIpc) is 3.72. The third-order valence-corrected chi connectivity index (χ3v) is 13.2. The minimum Gasteiger partial charge on any atom is -0.314 e. The summed E-state index contributed by atoms with van der Waals surface area (Å²) in [4.78, 5) is 6.64. The standard InChI is InChI=1S/C42H27BN2S2/c1-3-14-28(15-4-1)44-34-20-11-21-35-36(34)43(41-37(44)32-24-22-26-12-7-9-18-30(26)39(32)46-41)42-38(45(35)29-16-5-2-6-17-29)33-25-23-27-13-8-10-19-31(27)40(33)47-42/h1-25,32,39H. The van der Waals surface area contributed by atoms with Crippen molar-refractivity contribution in [1.29, 1.82) is 0 Å². The first-order valence-electron chi connectivity index (χ1n) is 16.3. The van der Waals surface area contributed by atoms with Crippen molar-refractivity contribution in [2.45, 2.75) is 5.25 Å². The highest BCUT2D eigenvalue weighted by atomic mass is 32.2. The fourth-order valence-corrected chi connectivity index (χ4v) is 11.7. The summed E-state index contributed by atoms with van der Waals surface area (Å²) in [6.45, 7) is 0.165. The molecule has 2 atom stereocenters. The lowest BCUT2D eigenvalue weighted by Gasteiger charge is -2.43. The van der Waals surface area contributed by atoms with E-state index in [0.717, 1.165) is 0 Å². The van der Waals surface area contributed by atoms with Crippen LogP contribution in [0.25, 0.3) is 26.9 Å². The van der Waals surface area contributed by atoms with Gasteiger partial charge < -0.3 is 9.80 Å². The van der Waals surface area contributed by atoms with Crippen molar-refractivity contribution in [2.75, 3.05) is 9.80 Å². The van der Waals surface area contributed by atoms with Crippen LogP contribution in [0.5, 0.6) is 0 Å². The van der Waals surface area contributed by atoms with E-state index in [1.165, 1.54) is 81.2 Å². The lowest BCUT2D eigenvalue weighted by Crippen LogP contribution is -2.54. The van der Waals surface area contributed by atoms with Crippen molar-refractivity contribution >= 4 is 95.4 Å². The number of benzene rings is 6. The van der Waals surface area contributed by atoms with Crippen molar-refractivity contribution in [3.8, 4) is 0 Å². The van der Waals surface area contributed by atoms with Gasteiger partial charge in [-0.2, -0.15) is 0 Å². The third kappa shape index (κ3) is 3.53. The molecule has 4 heterocycles.